The number of hydrogen-bond acceptors (Lipinski definition) is 3. The van der Waals surface area contributed by atoms with Crippen LogP contribution in [-0.2, 0) is 0 Å². The third kappa shape index (κ3) is 2.03. The van der Waals surface area contributed by atoms with Crippen LogP contribution in [0, 0.1) is 12.8 Å². The molecule has 1 aliphatic carbocycles. The maximum Gasteiger partial charge on any atom is 0.192 e. The third-order valence-corrected chi connectivity index (χ3v) is 4.17. The quantitative estimate of drug-likeness (QED) is 0.900. The molecular weight excluding hydrogens is 224 g/mol. The lowest BCUT2D eigenvalue weighted by atomic mass is 9.85. The number of oxazole rings is 1. The molecule has 1 aromatic carbocycles. The van der Waals surface area contributed by atoms with Crippen LogP contribution >= 0.6 is 0 Å². The first-order valence-corrected chi connectivity index (χ1v) is 6.85. The molecule has 0 spiro atoms. The van der Waals surface area contributed by atoms with Crippen LogP contribution in [0.3, 0.4) is 0 Å². The van der Waals surface area contributed by atoms with Crippen LogP contribution in [0.1, 0.15) is 43.1 Å². The zero-order valence-corrected chi connectivity index (χ0v) is 10.9. The van der Waals surface area contributed by atoms with Gasteiger partial charge in [-0.05, 0) is 48.9 Å². The van der Waals surface area contributed by atoms with Gasteiger partial charge in [-0.25, -0.2) is 4.98 Å². The summed E-state index contributed by atoms with van der Waals surface area (Å²) in [5, 5.41) is 0. The van der Waals surface area contributed by atoms with Gasteiger partial charge in [-0.15, -0.1) is 0 Å². The molecule has 0 aliphatic heterocycles. The molecule has 3 rings (SSSR count). The Morgan fingerprint density at radius 1 is 1.39 bits per heavy atom. The Balaban J connectivity index is 1.95. The number of fused-ring (bicyclic) bond motifs is 1. The zero-order valence-electron chi connectivity index (χ0n) is 10.9. The van der Waals surface area contributed by atoms with Gasteiger partial charge in [0.15, 0.2) is 11.5 Å². The minimum atomic E-state index is 0.480. The molecule has 1 fully saturated rings. The number of hydrogen-bond donors (Lipinski definition) is 1. The highest BCUT2D eigenvalue weighted by atomic mass is 16.3. The van der Waals surface area contributed by atoms with Crippen molar-refractivity contribution in [1.29, 1.82) is 0 Å². The number of nitrogens with zero attached hydrogens (tertiary/aromatic N) is 1. The topological polar surface area (TPSA) is 52.0 Å². The Hall–Kier alpha value is -1.35. The van der Waals surface area contributed by atoms with Crippen LogP contribution in [-0.4, -0.2) is 11.5 Å². The van der Waals surface area contributed by atoms with Gasteiger partial charge in [0, 0.05) is 6.92 Å². The minimum absolute atomic E-state index is 0.480. The van der Waals surface area contributed by atoms with Gasteiger partial charge < -0.3 is 10.2 Å². The summed E-state index contributed by atoms with van der Waals surface area (Å²) in [5.41, 5.74) is 9.15. The summed E-state index contributed by atoms with van der Waals surface area (Å²) >= 11 is 0. The second-order valence-electron chi connectivity index (χ2n) is 5.35. The van der Waals surface area contributed by atoms with Crippen molar-refractivity contribution < 1.29 is 4.42 Å². The van der Waals surface area contributed by atoms with Crippen molar-refractivity contribution in [2.24, 2.45) is 11.7 Å². The molecular formula is C15H20N2O. The number of benzene rings is 1. The number of nitrogens with two attached hydrogens (primary N) is 1. The van der Waals surface area contributed by atoms with Gasteiger partial charge in [0.2, 0.25) is 0 Å². The molecule has 1 aromatic heterocycles. The number of aryl methyl sites for hydroxylation is 1. The molecule has 0 amide bonds. The second-order valence-corrected chi connectivity index (χ2v) is 5.35. The van der Waals surface area contributed by atoms with Gasteiger partial charge in [-0.1, -0.05) is 18.9 Å². The summed E-state index contributed by atoms with van der Waals surface area (Å²) in [6.07, 6.45) is 5.34. The van der Waals surface area contributed by atoms with E-state index < -0.39 is 0 Å². The van der Waals surface area contributed by atoms with Crippen molar-refractivity contribution >= 4 is 11.1 Å². The van der Waals surface area contributed by atoms with Crippen LogP contribution in [0.25, 0.3) is 11.1 Å². The molecule has 0 saturated heterocycles. The first-order chi connectivity index (χ1) is 8.78. The van der Waals surface area contributed by atoms with Gasteiger partial charge in [0.1, 0.15) is 5.52 Å². The summed E-state index contributed by atoms with van der Waals surface area (Å²) in [5.74, 6) is 1.96. The van der Waals surface area contributed by atoms with Crippen molar-refractivity contribution in [3.05, 3.63) is 29.7 Å². The predicted octanol–water partition coefficient (Wildman–Crippen LogP) is 3.37. The van der Waals surface area contributed by atoms with Crippen LogP contribution in [0.4, 0.5) is 0 Å². The fourth-order valence-corrected chi connectivity index (χ4v) is 3.25. The smallest absolute Gasteiger partial charge is 0.192 e. The Bertz CT molecular complexity index is 540. The van der Waals surface area contributed by atoms with E-state index in [9.17, 15) is 0 Å². The Labute approximate surface area is 107 Å². The van der Waals surface area contributed by atoms with Crippen LogP contribution in [0.2, 0.25) is 0 Å². The van der Waals surface area contributed by atoms with E-state index in [1.54, 1.807) is 0 Å². The summed E-state index contributed by atoms with van der Waals surface area (Å²) in [4.78, 5) is 4.41. The van der Waals surface area contributed by atoms with Gasteiger partial charge >= 0.3 is 0 Å². The SMILES string of the molecule is Cc1nc2cc(C(CN)C3CCCC3)ccc2o1. The second kappa shape index (κ2) is 4.73. The van der Waals surface area contributed by atoms with Crippen LogP contribution in [0.5, 0.6) is 0 Å². The van der Waals surface area contributed by atoms with E-state index in [4.69, 9.17) is 10.2 Å². The number of rotatable bonds is 3. The van der Waals surface area contributed by atoms with Crippen molar-refractivity contribution in [3.63, 3.8) is 0 Å². The molecule has 96 valence electrons. The molecule has 1 aliphatic rings. The molecule has 1 saturated carbocycles. The predicted molar refractivity (Wildman–Crippen MR) is 72.5 cm³/mol. The fourth-order valence-electron chi connectivity index (χ4n) is 3.25. The molecule has 0 bridgehead atoms. The lowest BCUT2D eigenvalue weighted by Gasteiger charge is -2.22. The molecule has 2 N–H and O–H groups in total. The Morgan fingerprint density at radius 2 is 2.17 bits per heavy atom. The maximum absolute atomic E-state index is 5.99. The first kappa shape index (κ1) is 11.7. The monoisotopic (exact) mass is 244 g/mol. The van der Waals surface area contributed by atoms with E-state index >= 15 is 0 Å². The van der Waals surface area contributed by atoms with E-state index in [1.165, 1.54) is 31.2 Å². The average molecular weight is 244 g/mol. The molecule has 18 heavy (non-hydrogen) atoms. The van der Waals surface area contributed by atoms with E-state index in [2.05, 4.69) is 17.1 Å². The fraction of sp³-hybridized carbons (Fsp3) is 0.533. The molecule has 1 unspecified atom stereocenters. The summed E-state index contributed by atoms with van der Waals surface area (Å²) in [6.45, 7) is 2.62. The molecule has 1 atom stereocenters. The van der Waals surface area contributed by atoms with Crippen molar-refractivity contribution in [2.75, 3.05) is 6.54 Å². The molecule has 0 radical (unpaired) electrons. The summed E-state index contributed by atoms with van der Waals surface area (Å²) in [7, 11) is 0. The largest absolute Gasteiger partial charge is 0.441 e. The average Bonchev–Trinajstić information content (AvgIpc) is 2.97. The standard InChI is InChI=1S/C15H20N2O/c1-10-17-14-8-12(6-7-15(14)18-10)13(9-16)11-4-2-3-5-11/h6-8,11,13H,2-5,9,16H2,1H3. The molecule has 1 heterocycles. The summed E-state index contributed by atoms with van der Waals surface area (Å²) in [6, 6.07) is 6.34. The van der Waals surface area contributed by atoms with E-state index in [0.29, 0.717) is 5.92 Å². The van der Waals surface area contributed by atoms with Crippen molar-refractivity contribution in [1.82, 2.24) is 4.98 Å². The van der Waals surface area contributed by atoms with Gasteiger partial charge in [-0.2, -0.15) is 0 Å². The van der Waals surface area contributed by atoms with Gasteiger partial charge in [-0.3, -0.25) is 0 Å². The van der Waals surface area contributed by atoms with Gasteiger partial charge in [0.05, 0.1) is 0 Å². The first-order valence-electron chi connectivity index (χ1n) is 6.85. The molecule has 3 nitrogen and oxygen atoms in total. The van der Waals surface area contributed by atoms with Crippen LogP contribution in [0.15, 0.2) is 22.6 Å². The maximum atomic E-state index is 5.99. The highest BCUT2D eigenvalue weighted by Gasteiger charge is 2.25. The lowest BCUT2D eigenvalue weighted by Crippen LogP contribution is -2.19. The highest BCUT2D eigenvalue weighted by molar-refractivity contribution is 5.73. The normalized spacial score (nSPS) is 18.6. The van der Waals surface area contributed by atoms with E-state index in [0.717, 1.165) is 29.5 Å². The van der Waals surface area contributed by atoms with Crippen molar-refractivity contribution in [2.45, 2.75) is 38.5 Å². The van der Waals surface area contributed by atoms with Crippen LogP contribution < -0.4 is 5.73 Å². The number of aromatic nitrogens is 1. The van der Waals surface area contributed by atoms with E-state index in [-0.39, 0.29) is 0 Å². The van der Waals surface area contributed by atoms with Crippen molar-refractivity contribution in [3.8, 4) is 0 Å². The Kier molecular flexibility index (Phi) is 3.08. The van der Waals surface area contributed by atoms with E-state index in [1.807, 2.05) is 13.0 Å². The molecule has 2 aromatic rings. The summed E-state index contributed by atoms with van der Waals surface area (Å²) < 4.78 is 5.52. The van der Waals surface area contributed by atoms with Gasteiger partial charge in [0.25, 0.3) is 0 Å². The zero-order chi connectivity index (χ0) is 12.5. The Morgan fingerprint density at radius 3 is 2.89 bits per heavy atom. The molecule has 3 heteroatoms. The third-order valence-electron chi connectivity index (χ3n) is 4.17. The highest BCUT2D eigenvalue weighted by Crippen LogP contribution is 2.37. The minimum Gasteiger partial charge on any atom is -0.441 e. The lowest BCUT2D eigenvalue weighted by molar-refractivity contribution is 0.440.